The van der Waals surface area contributed by atoms with Crippen molar-refractivity contribution in [3.05, 3.63) is 0 Å². The van der Waals surface area contributed by atoms with Gasteiger partial charge in [0.1, 0.15) is 0 Å². The third-order valence-electron chi connectivity index (χ3n) is 5.84. The molecule has 23 heavy (non-hydrogen) atoms. The average molecular weight is 321 g/mol. The van der Waals surface area contributed by atoms with Crippen molar-refractivity contribution in [1.82, 2.24) is 15.5 Å². The number of nitrogens with zero attached hydrogens (tertiary/aromatic N) is 1. The molecule has 3 fully saturated rings. The van der Waals surface area contributed by atoms with Crippen molar-refractivity contribution in [2.45, 2.75) is 76.3 Å². The van der Waals surface area contributed by atoms with Crippen LogP contribution in [0.2, 0.25) is 0 Å². The monoisotopic (exact) mass is 321 g/mol. The van der Waals surface area contributed by atoms with Gasteiger partial charge in [0.05, 0.1) is 13.1 Å². The fraction of sp³-hybridized carbons (Fsp3) is 0.889. The molecule has 0 aromatic rings. The number of hydrogen-bond acceptors (Lipinski definition) is 3. The minimum Gasteiger partial charge on any atom is -0.355 e. The largest absolute Gasteiger partial charge is 0.355 e. The second kappa shape index (κ2) is 8.13. The third kappa shape index (κ3) is 4.69. The van der Waals surface area contributed by atoms with Crippen LogP contribution in [0.5, 0.6) is 0 Å². The van der Waals surface area contributed by atoms with Crippen LogP contribution in [0.1, 0.15) is 64.2 Å². The summed E-state index contributed by atoms with van der Waals surface area (Å²) in [6.07, 6.45) is 12.4. The minimum absolute atomic E-state index is 0.0724. The minimum atomic E-state index is 0.0724. The van der Waals surface area contributed by atoms with Crippen molar-refractivity contribution < 1.29 is 9.59 Å². The zero-order chi connectivity index (χ0) is 16.1. The Labute approximate surface area is 139 Å². The molecule has 3 aliphatic rings. The highest BCUT2D eigenvalue weighted by molar-refractivity contribution is 5.82. The van der Waals surface area contributed by atoms with Gasteiger partial charge < -0.3 is 10.6 Å². The first-order chi connectivity index (χ1) is 11.2. The summed E-state index contributed by atoms with van der Waals surface area (Å²) in [5.41, 5.74) is 0. The zero-order valence-electron chi connectivity index (χ0n) is 14.2. The summed E-state index contributed by atoms with van der Waals surface area (Å²) in [5.74, 6) is 0.954. The zero-order valence-corrected chi connectivity index (χ0v) is 14.2. The molecule has 5 heteroatoms. The van der Waals surface area contributed by atoms with Crippen LogP contribution in [0.15, 0.2) is 0 Å². The summed E-state index contributed by atoms with van der Waals surface area (Å²) in [6, 6.07) is 0.602. The van der Waals surface area contributed by atoms with Crippen molar-refractivity contribution in [2.75, 3.05) is 19.6 Å². The number of fused-ring (bicyclic) bond motifs is 1. The highest BCUT2D eigenvalue weighted by Gasteiger charge is 2.36. The van der Waals surface area contributed by atoms with Crippen LogP contribution in [0, 0.1) is 5.92 Å². The van der Waals surface area contributed by atoms with E-state index in [1.165, 1.54) is 44.9 Å². The van der Waals surface area contributed by atoms with E-state index in [2.05, 4.69) is 15.5 Å². The first kappa shape index (κ1) is 16.7. The molecule has 0 spiro atoms. The Morgan fingerprint density at radius 2 is 1.83 bits per heavy atom. The van der Waals surface area contributed by atoms with E-state index >= 15 is 0 Å². The molecule has 1 heterocycles. The lowest BCUT2D eigenvalue weighted by Gasteiger charge is -2.43. The number of piperazine rings is 1. The fourth-order valence-electron chi connectivity index (χ4n) is 4.58. The Hall–Kier alpha value is -1.10. The maximum atomic E-state index is 12.2. The number of carbonyl (C=O) groups is 2. The summed E-state index contributed by atoms with van der Waals surface area (Å²) in [4.78, 5) is 26.2. The Bertz CT molecular complexity index is 420. The molecule has 2 aliphatic carbocycles. The molecule has 0 aromatic carbocycles. The quantitative estimate of drug-likeness (QED) is 0.812. The van der Waals surface area contributed by atoms with E-state index in [9.17, 15) is 9.59 Å². The second-order valence-electron chi connectivity index (χ2n) is 7.57. The molecular weight excluding hydrogens is 290 g/mol. The Balaban J connectivity index is 1.41. The molecule has 0 radical (unpaired) electrons. The Morgan fingerprint density at radius 3 is 2.65 bits per heavy atom. The summed E-state index contributed by atoms with van der Waals surface area (Å²) >= 11 is 0. The van der Waals surface area contributed by atoms with Gasteiger partial charge in [0, 0.05) is 18.6 Å². The lowest BCUT2D eigenvalue weighted by atomic mass is 9.87. The maximum absolute atomic E-state index is 12.2. The third-order valence-corrected chi connectivity index (χ3v) is 5.84. The van der Waals surface area contributed by atoms with Crippen LogP contribution in [0.4, 0.5) is 0 Å². The van der Waals surface area contributed by atoms with E-state index in [0.29, 0.717) is 19.1 Å². The summed E-state index contributed by atoms with van der Waals surface area (Å²) in [7, 11) is 0. The van der Waals surface area contributed by atoms with Crippen molar-refractivity contribution in [1.29, 1.82) is 0 Å². The van der Waals surface area contributed by atoms with E-state index in [-0.39, 0.29) is 17.9 Å². The lowest BCUT2D eigenvalue weighted by Crippen LogP contribution is -2.62. The van der Waals surface area contributed by atoms with Crippen molar-refractivity contribution in [3.8, 4) is 0 Å². The van der Waals surface area contributed by atoms with E-state index in [0.717, 1.165) is 31.7 Å². The molecule has 1 saturated heterocycles. The molecule has 2 atom stereocenters. The number of nitrogens with one attached hydrogen (secondary N) is 2. The summed E-state index contributed by atoms with van der Waals surface area (Å²) in [5, 5.41) is 6.17. The number of amides is 2. The molecule has 2 N–H and O–H groups in total. The van der Waals surface area contributed by atoms with Gasteiger partial charge in [-0.1, -0.05) is 44.9 Å². The maximum Gasteiger partial charge on any atom is 0.234 e. The highest BCUT2D eigenvalue weighted by Crippen LogP contribution is 2.26. The van der Waals surface area contributed by atoms with Crippen LogP contribution >= 0.6 is 0 Å². The Morgan fingerprint density at radius 1 is 1.09 bits per heavy atom. The molecule has 0 aromatic heterocycles. The standard InChI is InChI=1S/C18H31N3O2/c22-17(19-11-10-14-6-2-1-3-7-14)12-21-13-18(23)20-15-8-4-5-9-16(15)21/h14-16H,1-13H2,(H,19,22)(H,20,23). The predicted molar refractivity (Wildman–Crippen MR) is 90.0 cm³/mol. The van der Waals surface area contributed by atoms with E-state index in [1.807, 2.05) is 0 Å². The van der Waals surface area contributed by atoms with Gasteiger partial charge in [-0.15, -0.1) is 0 Å². The second-order valence-corrected chi connectivity index (χ2v) is 7.57. The topological polar surface area (TPSA) is 61.4 Å². The molecule has 5 nitrogen and oxygen atoms in total. The smallest absolute Gasteiger partial charge is 0.234 e. The first-order valence-electron chi connectivity index (χ1n) is 9.52. The molecule has 2 saturated carbocycles. The number of rotatable bonds is 5. The van der Waals surface area contributed by atoms with Gasteiger partial charge in [-0.05, 0) is 25.2 Å². The van der Waals surface area contributed by atoms with Gasteiger partial charge in [0.15, 0.2) is 0 Å². The Kier molecular flexibility index (Phi) is 5.92. The van der Waals surface area contributed by atoms with Gasteiger partial charge in [-0.2, -0.15) is 0 Å². The predicted octanol–water partition coefficient (Wildman–Crippen LogP) is 1.82. The van der Waals surface area contributed by atoms with Gasteiger partial charge in [-0.3, -0.25) is 14.5 Å². The summed E-state index contributed by atoms with van der Waals surface area (Å²) < 4.78 is 0. The van der Waals surface area contributed by atoms with Gasteiger partial charge in [0.25, 0.3) is 0 Å². The average Bonchev–Trinajstić information content (AvgIpc) is 2.55. The van der Waals surface area contributed by atoms with Crippen molar-refractivity contribution in [2.24, 2.45) is 5.92 Å². The van der Waals surface area contributed by atoms with Crippen molar-refractivity contribution in [3.63, 3.8) is 0 Å². The highest BCUT2D eigenvalue weighted by atomic mass is 16.2. The normalized spacial score (nSPS) is 29.7. The molecule has 130 valence electrons. The molecule has 3 rings (SSSR count). The lowest BCUT2D eigenvalue weighted by molar-refractivity contribution is -0.131. The van der Waals surface area contributed by atoms with Crippen molar-refractivity contribution >= 4 is 11.8 Å². The number of carbonyl (C=O) groups excluding carboxylic acids is 2. The number of hydrogen-bond donors (Lipinski definition) is 2. The molecule has 2 amide bonds. The van der Waals surface area contributed by atoms with Crippen LogP contribution in [0.3, 0.4) is 0 Å². The molecule has 0 bridgehead atoms. The first-order valence-corrected chi connectivity index (χ1v) is 9.52. The van der Waals surface area contributed by atoms with E-state index < -0.39 is 0 Å². The molecule has 1 aliphatic heterocycles. The van der Waals surface area contributed by atoms with Crippen LogP contribution in [0.25, 0.3) is 0 Å². The fourth-order valence-corrected chi connectivity index (χ4v) is 4.58. The van der Waals surface area contributed by atoms with Crippen LogP contribution in [-0.2, 0) is 9.59 Å². The van der Waals surface area contributed by atoms with Crippen LogP contribution < -0.4 is 10.6 Å². The SMILES string of the molecule is O=C(CN1CC(=O)NC2CCCCC21)NCCC1CCCCC1. The van der Waals surface area contributed by atoms with Gasteiger partial charge >= 0.3 is 0 Å². The molecule has 2 unspecified atom stereocenters. The van der Waals surface area contributed by atoms with Gasteiger partial charge in [-0.25, -0.2) is 0 Å². The molecular formula is C18H31N3O2. The van der Waals surface area contributed by atoms with Crippen LogP contribution in [-0.4, -0.2) is 48.4 Å². The van der Waals surface area contributed by atoms with E-state index in [4.69, 9.17) is 0 Å². The van der Waals surface area contributed by atoms with E-state index in [1.54, 1.807) is 0 Å². The van der Waals surface area contributed by atoms with Gasteiger partial charge in [0.2, 0.25) is 11.8 Å². The summed E-state index contributed by atoms with van der Waals surface area (Å²) in [6.45, 7) is 1.54.